The van der Waals surface area contributed by atoms with Gasteiger partial charge in [0.05, 0.1) is 5.57 Å². The van der Waals surface area contributed by atoms with Crippen molar-refractivity contribution in [2.75, 3.05) is 7.11 Å². The summed E-state index contributed by atoms with van der Waals surface area (Å²) in [7, 11) is 1.57. The first kappa shape index (κ1) is 17.7. The van der Waals surface area contributed by atoms with Crippen molar-refractivity contribution in [1.82, 2.24) is 0 Å². The topological polar surface area (TPSA) is 35.5 Å². The van der Waals surface area contributed by atoms with E-state index in [1.807, 2.05) is 12.2 Å². The first-order chi connectivity index (χ1) is 10.2. The molecule has 1 fully saturated rings. The van der Waals surface area contributed by atoms with Gasteiger partial charge in [0.15, 0.2) is 0 Å². The minimum Gasteiger partial charge on any atom is -0.425 e. The van der Waals surface area contributed by atoms with Crippen molar-refractivity contribution in [3.63, 3.8) is 0 Å². The summed E-state index contributed by atoms with van der Waals surface area (Å²) < 4.78 is 10.2. The molecule has 0 amide bonds. The van der Waals surface area contributed by atoms with E-state index in [0.29, 0.717) is 11.3 Å². The van der Waals surface area contributed by atoms with E-state index in [0.717, 1.165) is 19.3 Å². The van der Waals surface area contributed by atoms with Crippen LogP contribution in [0, 0.1) is 0 Å². The Labute approximate surface area is 128 Å². The maximum absolute atomic E-state index is 11.6. The number of carbonyl (C=O) groups is 1. The van der Waals surface area contributed by atoms with E-state index in [9.17, 15) is 4.79 Å². The molecule has 0 saturated carbocycles. The molecule has 1 aliphatic heterocycles. The summed E-state index contributed by atoms with van der Waals surface area (Å²) in [6.45, 7) is 7.42. The first-order valence-electron chi connectivity index (χ1n) is 7.95. The largest absolute Gasteiger partial charge is 0.425 e. The van der Waals surface area contributed by atoms with Crippen LogP contribution in [0.2, 0.25) is 0 Å². The third kappa shape index (κ3) is 6.30. The van der Waals surface area contributed by atoms with E-state index >= 15 is 0 Å². The summed E-state index contributed by atoms with van der Waals surface area (Å²) in [6.07, 6.45) is 14.3. The maximum atomic E-state index is 11.6. The number of carbonyl (C=O) groups excluding carboxylic acids is 1. The Morgan fingerprint density at radius 2 is 1.67 bits per heavy atom. The molecule has 0 bridgehead atoms. The summed E-state index contributed by atoms with van der Waals surface area (Å²) >= 11 is 0. The van der Waals surface area contributed by atoms with Crippen LogP contribution in [0.5, 0.6) is 0 Å². The van der Waals surface area contributed by atoms with E-state index in [1.54, 1.807) is 7.11 Å². The Morgan fingerprint density at radius 1 is 1.10 bits per heavy atom. The van der Waals surface area contributed by atoms with Gasteiger partial charge in [0.1, 0.15) is 11.9 Å². The molecule has 0 spiro atoms. The molecule has 1 unspecified atom stereocenters. The zero-order chi connectivity index (χ0) is 15.5. The van der Waals surface area contributed by atoms with Gasteiger partial charge in [-0.3, -0.25) is 0 Å². The van der Waals surface area contributed by atoms with Crippen LogP contribution in [0.4, 0.5) is 0 Å². The third-order valence-electron chi connectivity index (χ3n) is 3.75. The highest BCUT2D eigenvalue weighted by molar-refractivity contribution is 5.94. The van der Waals surface area contributed by atoms with Crippen LogP contribution >= 0.6 is 0 Å². The Hall–Kier alpha value is -1.35. The number of unbranched alkanes of at least 4 members (excludes halogenated alkanes) is 8. The lowest BCUT2D eigenvalue weighted by Gasteiger charge is -2.06. The number of esters is 1. The Morgan fingerprint density at radius 3 is 2.24 bits per heavy atom. The minimum atomic E-state index is -0.387. The fourth-order valence-electron chi connectivity index (χ4n) is 2.54. The van der Waals surface area contributed by atoms with Gasteiger partial charge in [-0.1, -0.05) is 50.8 Å². The van der Waals surface area contributed by atoms with Gasteiger partial charge in [-0.2, -0.15) is 0 Å². The fraction of sp³-hybridized carbons (Fsp3) is 0.611. The van der Waals surface area contributed by atoms with Crippen LogP contribution in [0.1, 0.15) is 57.8 Å². The summed E-state index contributed by atoms with van der Waals surface area (Å²) in [6, 6.07) is 0. The summed E-state index contributed by atoms with van der Waals surface area (Å²) in [5, 5.41) is 0. The van der Waals surface area contributed by atoms with E-state index in [-0.39, 0.29) is 12.1 Å². The Balaban J connectivity index is 2.10. The standard InChI is InChI=1S/C18H28O3/c1-4-5-6-7-8-9-10-11-12-13-14-16-17(20-3)15(2)21-18(16)19/h4,14,17H,1-2,5-13H2,3H3. The van der Waals surface area contributed by atoms with Crippen molar-refractivity contribution in [3.8, 4) is 0 Å². The average molecular weight is 292 g/mol. The molecule has 1 saturated heterocycles. The molecule has 1 rings (SSSR count). The van der Waals surface area contributed by atoms with Gasteiger partial charge in [-0.25, -0.2) is 4.79 Å². The SMILES string of the molecule is C=CCCCCCCCCCC=C1C(=O)OC(=C)C1OC. The van der Waals surface area contributed by atoms with Gasteiger partial charge in [0.2, 0.25) is 0 Å². The molecule has 0 aromatic carbocycles. The van der Waals surface area contributed by atoms with Crippen LogP contribution in [-0.2, 0) is 14.3 Å². The number of cyclic esters (lactones) is 1. The Kier molecular flexibility index (Phi) is 8.76. The molecule has 3 heteroatoms. The van der Waals surface area contributed by atoms with Crippen molar-refractivity contribution in [2.24, 2.45) is 0 Å². The Bertz CT molecular complexity index is 382. The van der Waals surface area contributed by atoms with Gasteiger partial charge >= 0.3 is 5.97 Å². The van der Waals surface area contributed by atoms with Crippen LogP contribution in [0.25, 0.3) is 0 Å². The lowest BCUT2D eigenvalue weighted by molar-refractivity contribution is -0.132. The lowest BCUT2D eigenvalue weighted by atomic mass is 10.0. The van der Waals surface area contributed by atoms with Gasteiger partial charge in [0.25, 0.3) is 0 Å². The van der Waals surface area contributed by atoms with Gasteiger partial charge in [-0.05, 0) is 25.7 Å². The van der Waals surface area contributed by atoms with E-state index in [4.69, 9.17) is 9.47 Å². The summed E-state index contributed by atoms with van der Waals surface area (Å²) in [4.78, 5) is 11.6. The second-order valence-corrected chi connectivity index (χ2v) is 5.47. The monoisotopic (exact) mass is 292 g/mol. The molecule has 0 aromatic rings. The number of hydrogen-bond donors (Lipinski definition) is 0. The highest BCUT2D eigenvalue weighted by Crippen LogP contribution is 2.26. The fourth-order valence-corrected chi connectivity index (χ4v) is 2.54. The number of rotatable bonds is 11. The highest BCUT2D eigenvalue weighted by atomic mass is 16.6. The van der Waals surface area contributed by atoms with E-state index < -0.39 is 0 Å². The number of hydrogen-bond acceptors (Lipinski definition) is 3. The molecule has 1 aliphatic rings. The quantitative estimate of drug-likeness (QED) is 0.240. The zero-order valence-electron chi connectivity index (χ0n) is 13.2. The highest BCUT2D eigenvalue weighted by Gasteiger charge is 2.34. The predicted molar refractivity (Wildman–Crippen MR) is 85.9 cm³/mol. The van der Waals surface area contributed by atoms with Crippen LogP contribution in [-0.4, -0.2) is 19.2 Å². The van der Waals surface area contributed by atoms with Gasteiger partial charge < -0.3 is 9.47 Å². The molecule has 0 radical (unpaired) electrons. The molecule has 21 heavy (non-hydrogen) atoms. The molecular weight excluding hydrogens is 264 g/mol. The van der Waals surface area contributed by atoms with Crippen LogP contribution < -0.4 is 0 Å². The van der Waals surface area contributed by atoms with Gasteiger partial charge in [-0.15, -0.1) is 6.58 Å². The molecule has 0 N–H and O–H groups in total. The molecular formula is C18H28O3. The maximum Gasteiger partial charge on any atom is 0.341 e. The average Bonchev–Trinajstić information content (AvgIpc) is 2.74. The third-order valence-corrected chi connectivity index (χ3v) is 3.75. The first-order valence-corrected chi connectivity index (χ1v) is 7.95. The van der Waals surface area contributed by atoms with Crippen molar-refractivity contribution < 1.29 is 14.3 Å². The zero-order valence-corrected chi connectivity index (χ0v) is 13.2. The van der Waals surface area contributed by atoms with Crippen molar-refractivity contribution in [2.45, 2.75) is 63.9 Å². The minimum absolute atomic E-state index is 0.311. The summed E-state index contributed by atoms with van der Waals surface area (Å²) in [5.74, 6) is 0.0855. The molecule has 0 aliphatic carbocycles. The van der Waals surface area contributed by atoms with E-state index in [1.165, 1.54) is 38.5 Å². The second-order valence-electron chi connectivity index (χ2n) is 5.47. The van der Waals surface area contributed by atoms with Crippen molar-refractivity contribution in [3.05, 3.63) is 36.6 Å². The number of ether oxygens (including phenoxy) is 2. The normalized spacial score (nSPS) is 20.0. The van der Waals surface area contributed by atoms with Crippen LogP contribution in [0.3, 0.4) is 0 Å². The van der Waals surface area contributed by atoms with Crippen molar-refractivity contribution in [1.29, 1.82) is 0 Å². The summed E-state index contributed by atoms with van der Waals surface area (Å²) in [5.41, 5.74) is 0.604. The van der Waals surface area contributed by atoms with Gasteiger partial charge in [0, 0.05) is 7.11 Å². The molecule has 1 atom stereocenters. The molecule has 118 valence electrons. The molecule has 3 nitrogen and oxygen atoms in total. The number of methoxy groups -OCH3 is 1. The molecule has 0 aromatic heterocycles. The second kappa shape index (κ2) is 10.4. The van der Waals surface area contributed by atoms with Crippen LogP contribution in [0.15, 0.2) is 36.6 Å². The van der Waals surface area contributed by atoms with E-state index in [2.05, 4.69) is 13.2 Å². The predicted octanol–water partition coefficient (Wildman–Crippen LogP) is 4.70. The molecule has 1 heterocycles. The number of allylic oxidation sites excluding steroid dienone is 2. The lowest BCUT2D eigenvalue weighted by Crippen LogP contribution is -2.11. The van der Waals surface area contributed by atoms with Crippen molar-refractivity contribution >= 4 is 5.97 Å². The smallest absolute Gasteiger partial charge is 0.341 e.